The Morgan fingerprint density at radius 3 is 2.53 bits per heavy atom. The van der Waals surface area contributed by atoms with Gasteiger partial charge in [-0.15, -0.1) is 0 Å². The van der Waals surface area contributed by atoms with E-state index >= 15 is 0 Å². The van der Waals surface area contributed by atoms with Gasteiger partial charge in [0.15, 0.2) is 5.82 Å². The second kappa shape index (κ2) is 7.97. The number of anilines is 1. The Hall–Kier alpha value is -3.91. The van der Waals surface area contributed by atoms with Gasteiger partial charge in [-0.3, -0.25) is 24.6 Å². The van der Waals surface area contributed by atoms with E-state index in [0.29, 0.717) is 50.7 Å². The fourth-order valence-corrected chi connectivity index (χ4v) is 4.04. The Labute approximate surface area is 188 Å². The number of nitrogens with one attached hydrogen (secondary N) is 1. The van der Waals surface area contributed by atoms with E-state index < -0.39 is 0 Å². The Balaban J connectivity index is 1.33. The molecule has 0 saturated carbocycles. The number of imide groups is 1. The van der Waals surface area contributed by atoms with E-state index in [4.69, 9.17) is 22.1 Å². The highest BCUT2D eigenvalue weighted by molar-refractivity contribution is 6.33. The zero-order chi connectivity index (χ0) is 22.2. The van der Waals surface area contributed by atoms with Crippen LogP contribution in [0.1, 0.15) is 27.1 Å². The molecule has 0 saturated heterocycles. The van der Waals surface area contributed by atoms with Crippen LogP contribution < -0.4 is 10.5 Å². The molecule has 0 radical (unpaired) electrons. The van der Waals surface area contributed by atoms with Gasteiger partial charge >= 0.3 is 0 Å². The lowest BCUT2D eigenvalue weighted by Crippen LogP contribution is -2.31. The summed E-state index contributed by atoms with van der Waals surface area (Å²) in [4.78, 5) is 30.6. The zero-order valence-corrected chi connectivity index (χ0v) is 17.6. The molecule has 5 rings (SSSR count). The molecule has 3 heterocycles. The molecule has 2 aromatic carbocycles. The highest BCUT2D eigenvalue weighted by atomic mass is 35.5. The number of carbonyl (C=O) groups is 2. The van der Waals surface area contributed by atoms with Crippen LogP contribution in [0.4, 0.5) is 5.82 Å². The number of H-pyrrole nitrogens is 1. The maximum atomic E-state index is 12.5. The number of benzene rings is 2. The first kappa shape index (κ1) is 20.0. The van der Waals surface area contributed by atoms with Crippen molar-refractivity contribution in [1.29, 1.82) is 0 Å². The number of fused-ring (bicyclic) bond motifs is 2. The molecule has 8 nitrogen and oxygen atoms in total. The van der Waals surface area contributed by atoms with Crippen LogP contribution in [-0.2, 0) is 0 Å². The smallest absolute Gasteiger partial charge is 0.261 e. The number of halogens is 1. The van der Waals surface area contributed by atoms with Crippen LogP contribution in [0, 0.1) is 0 Å². The molecule has 160 valence electrons. The van der Waals surface area contributed by atoms with Gasteiger partial charge in [0.05, 0.1) is 28.5 Å². The molecule has 0 atom stereocenters. The van der Waals surface area contributed by atoms with Crippen molar-refractivity contribution in [3.63, 3.8) is 0 Å². The van der Waals surface area contributed by atoms with E-state index in [-0.39, 0.29) is 25.0 Å². The Morgan fingerprint density at radius 1 is 1.06 bits per heavy atom. The quantitative estimate of drug-likeness (QED) is 0.342. The average Bonchev–Trinajstić information content (AvgIpc) is 3.30. The topological polar surface area (TPSA) is 114 Å². The third-order valence-corrected chi connectivity index (χ3v) is 5.66. The fraction of sp³-hybridized carbons (Fsp3) is 0.130. The maximum Gasteiger partial charge on any atom is 0.261 e. The van der Waals surface area contributed by atoms with Gasteiger partial charge in [0.2, 0.25) is 0 Å². The summed E-state index contributed by atoms with van der Waals surface area (Å²) < 4.78 is 6.00. The maximum absolute atomic E-state index is 12.5. The van der Waals surface area contributed by atoms with Crippen molar-refractivity contribution in [2.24, 2.45) is 0 Å². The van der Waals surface area contributed by atoms with Gasteiger partial charge in [0.25, 0.3) is 11.8 Å². The highest BCUT2D eigenvalue weighted by Gasteiger charge is 2.34. The van der Waals surface area contributed by atoms with Gasteiger partial charge in [-0.05, 0) is 42.8 Å². The predicted molar refractivity (Wildman–Crippen MR) is 121 cm³/mol. The number of amides is 2. The van der Waals surface area contributed by atoms with E-state index in [0.717, 1.165) is 5.56 Å². The normalized spacial score (nSPS) is 13.1. The summed E-state index contributed by atoms with van der Waals surface area (Å²) in [6, 6.07) is 14.0. The first-order valence-electron chi connectivity index (χ1n) is 10.0. The molecule has 1 aliphatic rings. The number of aromatic amines is 1. The standard InChI is InChI=1S/C23H18ClN5O3/c24-17-7-3-8-26-19(17)13-11-16-20(27-28-21(16)25)18(12-13)32-10-4-9-29-22(30)14-5-1-2-6-15(14)23(29)31/h1-3,5-8,11-12H,4,9-10H2,(H3,25,27,28). The number of nitrogens with zero attached hydrogens (tertiary/aromatic N) is 3. The summed E-state index contributed by atoms with van der Waals surface area (Å²) in [5, 5.41) is 8.15. The molecule has 0 bridgehead atoms. The van der Waals surface area contributed by atoms with Crippen LogP contribution in [0.3, 0.4) is 0 Å². The van der Waals surface area contributed by atoms with Crippen LogP contribution >= 0.6 is 11.6 Å². The van der Waals surface area contributed by atoms with Crippen LogP contribution in [0.25, 0.3) is 22.2 Å². The minimum atomic E-state index is -0.277. The SMILES string of the molecule is Nc1n[nH]c2c(OCCCN3C(=O)c4ccccc4C3=O)cc(-c3ncccc3Cl)cc12. The van der Waals surface area contributed by atoms with Crippen molar-refractivity contribution in [3.8, 4) is 17.0 Å². The van der Waals surface area contributed by atoms with Crippen molar-refractivity contribution in [3.05, 3.63) is 70.9 Å². The number of pyridine rings is 1. The van der Waals surface area contributed by atoms with E-state index in [1.54, 1.807) is 42.6 Å². The summed E-state index contributed by atoms with van der Waals surface area (Å²) >= 11 is 6.31. The highest BCUT2D eigenvalue weighted by Crippen LogP contribution is 2.35. The van der Waals surface area contributed by atoms with Crippen LogP contribution in [0.5, 0.6) is 5.75 Å². The van der Waals surface area contributed by atoms with Crippen molar-refractivity contribution >= 4 is 40.1 Å². The number of nitrogens with two attached hydrogens (primary N) is 1. The van der Waals surface area contributed by atoms with Crippen molar-refractivity contribution < 1.29 is 14.3 Å². The van der Waals surface area contributed by atoms with E-state index in [9.17, 15) is 9.59 Å². The monoisotopic (exact) mass is 447 g/mol. The summed E-state index contributed by atoms with van der Waals surface area (Å²) in [7, 11) is 0. The minimum absolute atomic E-state index is 0.256. The molecule has 32 heavy (non-hydrogen) atoms. The lowest BCUT2D eigenvalue weighted by molar-refractivity contribution is 0.0647. The second-order valence-electron chi connectivity index (χ2n) is 7.35. The summed E-state index contributed by atoms with van der Waals surface area (Å²) in [6.45, 7) is 0.535. The molecule has 0 fully saturated rings. The van der Waals surface area contributed by atoms with Crippen LogP contribution in [0.2, 0.25) is 5.02 Å². The van der Waals surface area contributed by atoms with Crippen LogP contribution in [-0.4, -0.2) is 45.0 Å². The third kappa shape index (κ3) is 3.34. The Bertz CT molecular complexity index is 1330. The van der Waals surface area contributed by atoms with Gasteiger partial charge in [-0.1, -0.05) is 23.7 Å². The molecule has 0 aliphatic carbocycles. The second-order valence-corrected chi connectivity index (χ2v) is 7.76. The fourth-order valence-electron chi connectivity index (χ4n) is 3.80. The van der Waals surface area contributed by atoms with E-state index in [2.05, 4.69) is 15.2 Å². The molecule has 4 aromatic rings. The van der Waals surface area contributed by atoms with Gasteiger partial charge < -0.3 is 10.5 Å². The lowest BCUT2D eigenvalue weighted by atomic mass is 10.1. The lowest BCUT2D eigenvalue weighted by Gasteiger charge is -2.14. The molecular weight excluding hydrogens is 430 g/mol. The van der Waals surface area contributed by atoms with E-state index in [1.807, 2.05) is 12.1 Å². The number of nitrogen functional groups attached to an aromatic ring is 1. The number of ether oxygens (including phenoxy) is 1. The zero-order valence-electron chi connectivity index (χ0n) is 16.8. The van der Waals surface area contributed by atoms with Gasteiger partial charge in [-0.25, -0.2) is 0 Å². The number of aromatic nitrogens is 3. The molecule has 2 amide bonds. The molecular formula is C23H18ClN5O3. The number of rotatable bonds is 6. The summed E-state index contributed by atoms with van der Waals surface area (Å²) in [6.07, 6.45) is 2.12. The van der Waals surface area contributed by atoms with Crippen molar-refractivity contribution in [2.45, 2.75) is 6.42 Å². The largest absolute Gasteiger partial charge is 0.491 e. The number of hydrogen-bond acceptors (Lipinski definition) is 6. The van der Waals surface area contributed by atoms with Gasteiger partial charge in [-0.2, -0.15) is 5.10 Å². The first-order chi connectivity index (χ1) is 15.5. The third-order valence-electron chi connectivity index (χ3n) is 5.36. The number of hydrogen-bond donors (Lipinski definition) is 2. The average molecular weight is 448 g/mol. The first-order valence-corrected chi connectivity index (χ1v) is 10.4. The predicted octanol–water partition coefficient (Wildman–Crippen LogP) is 3.93. The molecule has 1 aliphatic heterocycles. The van der Waals surface area contributed by atoms with Crippen LogP contribution in [0.15, 0.2) is 54.7 Å². The number of carbonyl (C=O) groups excluding carboxylic acids is 2. The van der Waals surface area contributed by atoms with Gasteiger partial charge in [0.1, 0.15) is 11.3 Å². The van der Waals surface area contributed by atoms with E-state index in [1.165, 1.54) is 4.90 Å². The minimum Gasteiger partial charge on any atom is -0.491 e. The molecule has 0 unspecified atom stereocenters. The van der Waals surface area contributed by atoms with Crippen molar-refractivity contribution in [1.82, 2.24) is 20.1 Å². The Kier molecular flexibility index (Phi) is 4.99. The van der Waals surface area contributed by atoms with Gasteiger partial charge in [0, 0.05) is 23.7 Å². The molecule has 9 heteroatoms. The molecule has 3 N–H and O–H groups in total. The molecule has 2 aromatic heterocycles. The summed E-state index contributed by atoms with van der Waals surface area (Å²) in [5.74, 6) is 0.317. The van der Waals surface area contributed by atoms with Crippen molar-refractivity contribution in [2.75, 3.05) is 18.9 Å². The molecule has 0 spiro atoms. The Morgan fingerprint density at radius 2 is 1.81 bits per heavy atom. The summed E-state index contributed by atoms with van der Waals surface area (Å²) in [5.41, 5.74) is 8.88.